The maximum atomic E-state index is 12.4. The van der Waals surface area contributed by atoms with Crippen molar-refractivity contribution >= 4 is 21.6 Å². The Labute approximate surface area is 183 Å². The van der Waals surface area contributed by atoms with Crippen molar-refractivity contribution in [3.8, 4) is 5.75 Å². The van der Waals surface area contributed by atoms with Crippen molar-refractivity contribution in [2.75, 3.05) is 17.1 Å². The van der Waals surface area contributed by atoms with E-state index in [2.05, 4.69) is 5.32 Å². The summed E-state index contributed by atoms with van der Waals surface area (Å²) in [5.74, 6) is 0.237. The standard InChI is InChI=1S/C24H26N2O4S/c1-19-7-6-10-21(15-19)16-25-24(27)17-26(31(2,28)29)22-11-13-23(14-12-22)30-18-20-8-4-3-5-9-20/h3-15H,16-18H2,1-2H3,(H,25,27). The van der Waals surface area contributed by atoms with E-state index in [0.717, 1.165) is 27.3 Å². The van der Waals surface area contributed by atoms with E-state index in [1.54, 1.807) is 24.3 Å². The SMILES string of the molecule is Cc1cccc(CNC(=O)CN(c2ccc(OCc3ccccc3)cc2)S(C)(=O)=O)c1. The van der Waals surface area contributed by atoms with Crippen LogP contribution >= 0.6 is 0 Å². The molecule has 0 saturated heterocycles. The Bertz CT molecular complexity index is 1110. The lowest BCUT2D eigenvalue weighted by Gasteiger charge is -2.22. The fraction of sp³-hybridized carbons (Fsp3) is 0.208. The average Bonchev–Trinajstić information content (AvgIpc) is 2.75. The number of aryl methyl sites for hydroxylation is 1. The Kier molecular flexibility index (Phi) is 7.31. The molecular weight excluding hydrogens is 412 g/mol. The van der Waals surface area contributed by atoms with Crippen LogP contribution in [0.5, 0.6) is 5.75 Å². The number of carbonyl (C=O) groups is 1. The third kappa shape index (κ3) is 6.86. The van der Waals surface area contributed by atoms with Gasteiger partial charge in [0.05, 0.1) is 11.9 Å². The maximum Gasteiger partial charge on any atom is 0.241 e. The second kappa shape index (κ2) is 10.1. The number of anilines is 1. The molecule has 6 nitrogen and oxygen atoms in total. The van der Waals surface area contributed by atoms with Gasteiger partial charge in [0, 0.05) is 6.54 Å². The van der Waals surface area contributed by atoms with E-state index < -0.39 is 10.0 Å². The molecular formula is C24H26N2O4S. The van der Waals surface area contributed by atoms with Gasteiger partial charge in [-0.1, -0.05) is 60.2 Å². The lowest BCUT2D eigenvalue weighted by molar-refractivity contribution is -0.119. The van der Waals surface area contributed by atoms with Gasteiger partial charge in [-0.15, -0.1) is 0 Å². The van der Waals surface area contributed by atoms with E-state index in [1.807, 2.05) is 61.5 Å². The topological polar surface area (TPSA) is 75.7 Å². The van der Waals surface area contributed by atoms with Crippen LogP contribution in [0, 0.1) is 6.92 Å². The number of nitrogens with zero attached hydrogens (tertiary/aromatic N) is 1. The summed E-state index contributed by atoms with van der Waals surface area (Å²) in [4.78, 5) is 12.4. The number of benzene rings is 3. The zero-order chi connectivity index (χ0) is 22.3. The number of carbonyl (C=O) groups excluding carboxylic acids is 1. The van der Waals surface area contributed by atoms with Gasteiger partial charge in [0.2, 0.25) is 15.9 Å². The zero-order valence-electron chi connectivity index (χ0n) is 17.6. The lowest BCUT2D eigenvalue weighted by Crippen LogP contribution is -2.40. The predicted octanol–water partition coefficient (Wildman–Crippen LogP) is 3.66. The lowest BCUT2D eigenvalue weighted by atomic mass is 10.1. The van der Waals surface area contributed by atoms with Crippen LogP contribution in [0.4, 0.5) is 5.69 Å². The van der Waals surface area contributed by atoms with Crippen molar-refractivity contribution in [1.82, 2.24) is 5.32 Å². The highest BCUT2D eigenvalue weighted by Crippen LogP contribution is 2.22. The second-order valence-corrected chi connectivity index (χ2v) is 9.21. The van der Waals surface area contributed by atoms with Gasteiger partial charge in [0.25, 0.3) is 0 Å². The minimum absolute atomic E-state index is 0.297. The molecule has 0 aliphatic rings. The molecule has 0 fully saturated rings. The molecule has 0 bridgehead atoms. The monoisotopic (exact) mass is 438 g/mol. The highest BCUT2D eigenvalue weighted by molar-refractivity contribution is 7.92. The average molecular weight is 439 g/mol. The predicted molar refractivity (Wildman–Crippen MR) is 122 cm³/mol. The molecule has 0 unspecified atom stereocenters. The molecule has 3 aromatic carbocycles. The molecule has 0 heterocycles. The molecule has 3 aromatic rings. The molecule has 0 aliphatic carbocycles. The number of hydrogen-bond donors (Lipinski definition) is 1. The number of nitrogens with one attached hydrogen (secondary N) is 1. The number of amides is 1. The molecule has 0 radical (unpaired) electrons. The van der Waals surface area contributed by atoms with Crippen LogP contribution < -0.4 is 14.4 Å². The first-order valence-electron chi connectivity index (χ1n) is 9.88. The largest absolute Gasteiger partial charge is 0.489 e. The Morgan fingerprint density at radius 1 is 0.935 bits per heavy atom. The van der Waals surface area contributed by atoms with Crippen molar-refractivity contribution in [2.45, 2.75) is 20.1 Å². The maximum absolute atomic E-state index is 12.4. The Morgan fingerprint density at radius 2 is 1.61 bits per heavy atom. The highest BCUT2D eigenvalue weighted by Gasteiger charge is 2.20. The van der Waals surface area contributed by atoms with Crippen LogP contribution in [0.25, 0.3) is 0 Å². The van der Waals surface area contributed by atoms with Crippen molar-refractivity contribution in [2.24, 2.45) is 0 Å². The van der Waals surface area contributed by atoms with E-state index in [1.165, 1.54) is 0 Å². The molecule has 1 N–H and O–H groups in total. The van der Waals surface area contributed by atoms with E-state index >= 15 is 0 Å². The molecule has 0 saturated carbocycles. The van der Waals surface area contributed by atoms with Gasteiger partial charge in [-0.3, -0.25) is 9.10 Å². The number of ether oxygens (including phenoxy) is 1. The minimum atomic E-state index is -3.64. The number of hydrogen-bond acceptors (Lipinski definition) is 4. The third-order valence-corrected chi connectivity index (χ3v) is 5.77. The van der Waals surface area contributed by atoms with E-state index in [0.29, 0.717) is 24.6 Å². The molecule has 0 aromatic heterocycles. The summed E-state index contributed by atoms with van der Waals surface area (Å²) in [6.07, 6.45) is 1.08. The van der Waals surface area contributed by atoms with E-state index in [-0.39, 0.29) is 12.5 Å². The van der Waals surface area contributed by atoms with Crippen LogP contribution in [0.15, 0.2) is 78.9 Å². The quantitative estimate of drug-likeness (QED) is 0.553. The molecule has 3 rings (SSSR count). The van der Waals surface area contributed by atoms with Crippen molar-refractivity contribution in [1.29, 1.82) is 0 Å². The van der Waals surface area contributed by atoms with Crippen LogP contribution in [0.1, 0.15) is 16.7 Å². The molecule has 0 aliphatic heterocycles. The van der Waals surface area contributed by atoms with E-state index in [9.17, 15) is 13.2 Å². The van der Waals surface area contributed by atoms with Crippen LogP contribution in [-0.4, -0.2) is 27.1 Å². The summed E-state index contributed by atoms with van der Waals surface area (Å²) in [5.41, 5.74) is 3.49. The molecule has 31 heavy (non-hydrogen) atoms. The van der Waals surface area contributed by atoms with Gasteiger partial charge < -0.3 is 10.1 Å². The first-order valence-corrected chi connectivity index (χ1v) is 11.7. The molecule has 7 heteroatoms. The van der Waals surface area contributed by atoms with Crippen LogP contribution in [-0.2, 0) is 28.0 Å². The minimum Gasteiger partial charge on any atom is -0.489 e. The Balaban J connectivity index is 1.62. The van der Waals surface area contributed by atoms with Gasteiger partial charge in [-0.05, 0) is 42.3 Å². The summed E-state index contributed by atoms with van der Waals surface area (Å²) in [6, 6.07) is 24.2. The van der Waals surface area contributed by atoms with Gasteiger partial charge in [0.1, 0.15) is 18.9 Å². The summed E-state index contributed by atoms with van der Waals surface area (Å²) in [6.45, 7) is 2.43. The fourth-order valence-electron chi connectivity index (χ4n) is 3.06. The van der Waals surface area contributed by atoms with Gasteiger partial charge in [-0.25, -0.2) is 8.42 Å². The summed E-state index contributed by atoms with van der Waals surface area (Å²) in [5, 5.41) is 2.78. The van der Waals surface area contributed by atoms with Crippen molar-refractivity contribution in [3.63, 3.8) is 0 Å². The van der Waals surface area contributed by atoms with Crippen LogP contribution in [0.2, 0.25) is 0 Å². The number of sulfonamides is 1. The first kappa shape index (κ1) is 22.4. The summed E-state index contributed by atoms with van der Waals surface area (Å²) < 4.78 is 31.4. The highest BCUT2D eigenvalue weighted by atomic mass is 32.2. The summed E-state index contributed by atoms with van der Waals surface area (Å²) in [7, 11) is -3.64. The third-order valence-electron chi connectivity index (χ3n) is 4.63. The number of rotatable bonds is 9. The Morgan fingerprint density at radius 3 is 2.26 bits per heavy atom. The van der Waals surface area contributed by atoms with Gasteiger partial charge in [0.15, 0.2) is 0 Å². The second-order valence-electron chi connectivity index (χ2n) is 7.30. The van der Waals surface area contributed by atoms with E-state index in [4.69, 9.17) is 4.74 Å². The van der Waals surface area contributed by atoms with Crippen molar-refractivity contribution in [3.05, 3.63) is 95.6 Å². The van der Waals surface area contributed by atoms with Gasteiger partial charge in [-0.2, -0.15) is 0 Å². The molecule has 0 spiro atoms. The zero-order valence-corrected chi connectivity index (χ0v) is 18.4. The van der Waals surface area contributed by atoms with Crippen LogP contribution in [0.3, 0.4) is 0 Å². The molecule has 162 valence electrons. The molecule has 0 atom stereocenters. The normalized spacial score (nSPS) is 11.0. The summed E-state index contributed by atoms with van der Waals surface area (Å²) >= 11 is 0. The fourth-order valence-corrected chi connectivity index (χ4v) is 3.92. The smallest absolute Gasteiger partial charge is 0.241 e. The first-order chi connectivity index (χ1) is 14.8. The van der Waals surface area contributed by atoms with Gasteiger partial charge >= 0.3 is 0 Å². The molecule has 1 amide bonds. The van der Waals surface area contributed by atoms with Crippen molar-refractivity contribution < 1.29 is 17.9 Å². The Hall–Kier alpha value is -3.32.